The number of fused-ring (bicyclic) bond motifs is 1. The van der Waals surface area contributed by atoms with E-state index in [0.717, 1.165) is 16.9 Å². The minimum atomic E-state index is -0.510. The molecule has 20 heavy (non-hydrogen) atoms. The van der Waals surface area contributed by atoms with Crippen LogP contribution in [0.4, 0.5) is 5.69 Å². The summed E-state index contributed by atoms with van der Waals surface area (Å²) in [6, 6.07) is 10.3. The van der Waals surface area contributed by atoms with Gasteiger partial charge in [-0.15, -0.1) is 0 Å². The van der Waals surface area contributed by atoms with Crippen LogP contribution in [0.1, 0.15) is 0 Å². The molecule has 1 heterocycles. The van der Waals surface area contributed by atoms with E-state index in [4.69, 9.17) is 4.74 Å². The van der Waals surface area contributed by atoms with Gasteiger partial charge in [0, 0.05) is 11.6 Å². The smallest absolute Gasteiger partial charge is 0.300 e. The van der Waals surface area contributed by atoms with Crippen LogP contribution >= 0.6 is 0 Å². The van der Waals surface area contributed by atoms with Gasteiger partial charge in [-0.1, -0.05) is 12.1 Å². The van der Waals surface area contributed by atoms with Crippen LogP contribution in [0.2, 0.25) is 0 Å². The predicted octanol–water partition coefficient (Wildman–Crippen LogP) is 2.81. The molecule has 0 saturated carbocycles. The van der Waals surface area contributed by atoms with Crippen molar-refractivity contribution in [2.24, 2.45) is 0 Å². The number of rotatable bonds is 3. The second kappa shape index (κ2) is 4.61. The number of non-ortho nitro benzene ring substituents is 1. The van der Waals surface area contributed by atoms with Crippen molar-refractivity contribution >= 4 is 16.7 Å². The van der Waals surface area contributed by atoms with E-state index in [0.29, 0.717) is 5.52 Å². The summed E-state index contributed by atoms with van der Waals surface area (Å²) in [5, 5.41) is 18.3. The molecule has 0 bridgehead atoms. The highest BCUT2D eigenvalue weighted by Gasteiger charge is 2.20. The van der Waals surface area contributed by atoms with Crippen LogP contribution in [0, 0.1) is 10.1 Å². The van der Waals surface area contributed by atoms with Crippen molar-refractivity contribution in [1.29, 1.82) is 0 Å². The first kappa shape index (κ1) is 12.1. The van der Waals surface area contributed by atoms with Crippen LogP contribution in [-0.2, 0) is 0 Å². The molecule has 3 aromatic rings. The van der Waals surface area contributed by atoms with Gasteiger partial charge in [-0.25, -0.2) is 4.63 Å². The number of methoxy groups -OCH3 is 1. The average Bonchev–Trinajstić information content (AvgIpc) is 2.95. The summed E-state index contributed by atoms with van der Waals surface area (Å²) in [7, 11) is 1.58. The molecular formula is C13H9N3O4. The maximum Gasteiger partial charge on any atom is 0.300 e. The topological polar surface area (TPSA) is 91.3 Å². The summed E-state index contributed by atoms with van der Waals surface area (Å²) in [6.45, 7) is 0. The second-order valence-corrected chi connectivity index (χ2v) is 4.08. The number of nitrogens with zero attached hydrogens (tertiary/aromatic N) is 3. The lowest BCUT2D eigenvalue weighted by Gasteiger charge is -2.04. The first-order valence-corrected chi connectivity index (χ1v) is 5.75. The molecule has 0 unspecified atom stereocenters. The summed E-state index contributed by atoms with van der Waals surface area (Å²) < 4.78 is 9.73. The van der Waals surface area contributed by atoms with E-state index in [-0.39, 0.29) is 11.2 Å². The van der Waals surface area contributed by atoms with Crippen LogP contribution in [-0.4, -0.2) is 22.3 Å². The first-order chi connectivity index (χ1) is 9.70. The Balaban J connectivity index is 2.19. The lowest BCUT2D eigenvalue weighted by atomic mass is 10.0. The van der Waals surface area contributed by atoms with Crippen LogP contribution < -0.4 is 4.74 Å². The molecule has 0 atom stereocenters. The van der Waals surface area contributed by atoms with Crippen molar-refractivity contribution in [3.05, 3.63) is 46.5 Å². The van der Waals surface area contributed by atoms with Crippen molar-refractivity contribution in [2.45, 2.75) is 0 Å². The Kier molecular flexibility index (Phi) is 2.79. The SMILES string of the molecule is COc1ccc(-c2ccc([N+](=O)[O-])c3nonc23)cc1. The molecule has 0 aliphatic carbocycles. The van der Waals surface area contributed by atoms with E-state index in [1.807, 2.05) is 12.1 Å². The molecule has 7 heteroatoms. The fraction of sp³-hybridized carbons (Fsp3) is 0.0769. The zero-order chi connectivity index (χ0) is 14.1. The van der Waals surface area contributed by atoms with Crippen molar-refractivity contribution in [3.63, 3.8) is 0 Å². The van der Waals surface area contributed by atoms with Crippen LogP contribution in [0.15, 0.2) is 41.0 Å². The number of hydrogen-bond acceptors (Lipinski definition) is 6. The van der Waals surface area contributed by atoms with Gasteiger partial charge in [0.25, 0.3) is 0 Å². The van der Waals surface area contributed by atoms with Gasteiger partial charge in [0.2, 0.25) is 5.52 Å². The van der Waals surface area contributed by atoms with Gasteiger partial charge in [0.05, 0.1) is 12.0 Å². The van der Waals surface area contributed by atoms with Gasteiger partial charge < -0.3 is 4.74 Å². The van der Waals surface area contributed by atoms with E-state index in [1.165, 1.54) is 6.07 Å². The molecule has 0 radical (unpaired) electrons. The Morgan fingerprint density at radius 2 is 1.80 bits per heavy atom. The van der Waals surface area contributed by atoms with Gasteiger partial charge in [-0.3, -0.25) is 10.1 Å². The Labute approximate surface area is 112 Å². The van der Waals surface area contributed by atoms with Gasteiger partial charge in [-0.2, -0.15) is 0 Å². The highest BCUT2D eigenvalue weighted by Crippen LogP contribution is 2.32. The Bertz CT molecular complexity index is 780. The monoisotopic (exact) mass is 271 g/mol. The van der Waals surface area contributed by atoms with Crippen LogP contribution in [0.25, 0.3) is 22.2 Å². The van der Waals surface area contributed by atoms with E-state index >= 15 is 0 Å². The molecule has 0 saturated heterocycles. The summed E-state index contributed by atoms with van der Waals surface area (Å²) in [6.07, 6.45) is 0. The zero-order valence-corrected chi connectivity index (χ0v) is 10.4. The summed E-state index contributed by atoms with van der Waals surface area (Å²) in [5.41, 5.74) is 1.95. The van der Waals surface area contributed by atoms with Crippen molar-refractivity contribution in [2.75, 3.05) is 7.11 Å². The summed E-state index contributed by atoms with van der Waals surface area (Å²) >= 11 is 0. The van der Waals surface area contributed by atoms with Crippen molar-refractivity contribution in [1.82, 2.24) is 10.3 Å². The van der Waals surface area contributed by atoms with E-state index in [2.05, 4.69) is 14.9 Å². The lowest BCUT2D eigenvalue weighted by molar-refractivity contribution is -0.383. The fourth-order valence-electron chi connectivity index (χ4n) is 2.00. The quantitative estimate of drug-likeness (QED) is 0.537. The minimum Gasteiger partial charge on any atom is -0.497 e. The highest BCUT2D eigenvalue weighted by atomic mass is 16.6. The Morgan fingerprint density at radius 3 is 2.45 bits per heavy atom. The number of aromatic nitrogens is 2. The van der Waals surface area contributed by atoms with E-state index in [1.54, 1.807) is 25.3 Å². The van der Waals surface area contributed by atoms with Crippen molar-refractivity contribution in [3.8, 4) is 16.9 Å². The number of benzene rings is 2. The maximum absolute atomic E-state index is 10.9. The molecule has 0 fully saturated rings. The van der Waals surface area contributed by atoms with Crippen LogP contribution in [0.3, 0.4) is 0 Å². The summed E-state index contributed by atoms with van der Waals surface area (Å²) in [5.74, 6) is 0.727. The molecule has 3 rings (SSSR count). The first-order valence-electron chi connectivity index (χ1n) is 5.75. The maximum atomic E-state index is 10.9. The Hall–Kier alpha value is -2.96. The molecule has 0 aliphatic rings. The van der Waals surface area contributed by atoms with Crippen LogP contribution in [0.5, 0.6) is 5.75 Å². The third kappa shape index (κ3) is 1.85. The summed E-state index contributed by atoms with van der Waals surface area (Å²) in [4.78, 5) is 10.4. The van der Waals surface area contributed by atoms with E-state index < -0.39 is 4.92 Å². The standard InChI is InChI=1S/C13H9N3O4/c1-19-9-4-2-8(3-5-9)10-6-7-11(16(17)18)13-12(10)14-20-15-13/h2-7H,1H3. The molecule has 1 aromatic heterocycles. The highest BCUT2D eigenvalue weighted by molar-refractivity contribution is 5.96. The predicted molar refractivity (Wildman–Crippen MR) is 70.4 cm³/mol. The normalized spacial score (nSPS) is 10.7. The Morgan fingerprint density at radius 1 is 1.10 bits per heavy atom. The zero-order valence-electron chi connectivity index (χ0n) is 10.4. The van der Waals surface area contributed by atoms with Crippen molar-refractivity contribution < 1.29 is 14.3 Å². The molecule has 7 nitrogen and oxygen atoms in total. The number of ether oxygens (including phenoxy) is 1. The van der Waals surface area contributed by atoms with Gasteiger partial charge in [0.15, 0.2) is 0 Å². The van der Waals surface area contributed by atoms with E-state index in [9.17, 15) is 10.1 Å². The fourth-order valence-corrected chi connectivity index (χ4v) is 2.00. The molecule has 2 aromatic carbocycles. The number of nitro groups is 1. The molecule has 0 spiro atoms. The van der Waals surface area contributed by atoms with Gasteiger partial charge >= 0.3 is 5.69 Å². The number of nitro benzene ring substituents is 1. The third-order valence-electron chi connectivity index (χ3n) is 2.99. The molecule has 0 aliphatic heterocycles. The third-order valence-corrected chi connectivity index (χ3v) is 2.99. The number of hydrogen-bond donors (Lipinski definition) is 0. The average molecular weight is 271 g/mol. The molecule has 100 valence electrons. The lowest BCUT2D eigenvalue weighted by Crippen LogP contribution is -1.91. The molecular weight excluding hydrogens is 262 g/mol. The van der Waals surface area contributed by atoms with Gasteiger partial charge in [-0.05, 0) is 34.1 Å². The second-order valence-electron chi connectivity index (χ2n) is 4.08. The largest absolute Gasteiger partial charge is 0.497 e. The molecule has 0 N–H and O–H groups in total. The van der Waals surface area contributed by atoms with Gasteiger partial charge in [0.1, 0.15) is 11.3 Å². The minimum absolute atomic E-state index is 0.126. The molecule has 0 amide bonds.